The third-order valence-electron chi connectivity index (χ3n) is 4.16. The number of ether oxygens (including phenoxy) is 1. The van der Waals surface area contributed by atoms with Crippen molar-refractivity contribution in [3.05, 3.63) is 36.4 Å². The summed E-state index contributed by atoms with van der Waals surface area (Å²) in [6, 6.07) is 12.1. The minimum Gasteiger partial charge on any atom is -0.492 e. The third kappa shape index (κ3) is 2.70. The Morgan fingerprint density at radius 1 is 1.00 bits per heavy atom. The van der Waals surface area contributed by atoms with Gasteiger partial charge in [-0.1, -0.05) is 12.1 Å². The number of tetrazole rings is 1. The first-order valence-electron chi connectivity index (χ1n) is 8.12. The Bertz CT molecular complexity index is 826. The van der Waals surface area contributed by atoms with Crippen molar-refractivity contribution in [2.45, 2.75) is 6.92 Å². The molecule has 0 unspecified atom stereocenters. The Balaban J connectivity index is 1.48. The lowest BCUT2D eigenvalue weighted by atomic mass is 10.2. The Hall–Kier alpha value is -2.90. The molecule has 0 aliphatic carbocycles. The van der Waals surface area contributed by atoms with Gasteiger partial charge in [-0.2, -0.15) is 0 Å². The number of aromatic nitrogens is 5. The van der Waals surface area contributed by atoms with Crippen LogP contribution in [0.5, 0.6) is 5.75 Å². The number of rotatable bonds is 4. The van der Waals surface area contributed by atoms with E-state index in [1.807, 2.05) is 31.2 Å². The van der Waals surface area contributed by atoms with Crippen LogP contribution < -0.4 is 14.5 Å². The van der Waals surface area contributed by atoms with Crippen molar-refractivity contribution in [3.8, 4) is 5.75 Å². The molecule has 0 N–H and O–H groups in total. The van der Waals surface area contributed by atoms with E-state index in [2.05, 4.69) is 42.6 Å². The van der Waals surface area contributed by atoms with Crippen molar-refractivity contribution in [2.75, 3.05) is 42.6 Å². The second-order valence-electron chi connectivity index (χ2n) is 5.59. The maximum atomic E-state index is 5.75. The molecule has 2 aromatic heterocycles. The predicted octanol–water partition coefficient (Wildman–Crippen LogP) is 1.24. The van der Waals surface area contributed by atoms with Crippen LogP contribution in [0.25, 0.3) is 5.65 Å². The van der Waals surface area contributed by atoms with Crippen LogP contribution in [0.4, 0.5) is 11.5 Å². The Morgan fingerprint density at radius 3 is 2.62 bits per heavy atom. The molecule has 4 rings (SSSR count). The van der Waals surface area contributed by atoms with E-state index in [1.165, 1.54) is 4.63 Å². The van der Waals surface area contributed by atoms with E-state index >= 15 is 0 Å². The number of benzene rings is 1. The van der Waals surface area contributed by atoms with Crippen LogP contribution in [0.2, 0.25) is 0 Å². The average molecular weight is 325 g/mol. The van der Waals surface area contributed by atoms with Crippen LogP contribution >= 0.6 is 0 Å². The van der Waals surface area contributed by atoms with Crippen LogP contribution in [-0.4, -0.2) is 58.0 Å². The minimum atomic E-state index is 0.656. The minimum absolute atomic E-state index is 0.656. The number of hydrogen-bond acceptors (Lipinski definition) is 7. The van der Waals surface area contributed by atoms with Crippen molar-refractivity contribution in [3.63, 3.8) is 0 Å². The summed E-state index contributed by atoms with van der Waals surface area (Å²) in [6.45, 7) is 6.30. The summed E-state index contributed by atoms with van der Waals surface area (Å²) in [5.74, 6) is 1.84. The van der Waals surface area contributed by atoms with Gasteiger partial charge in [0.1, 0.15) is 5.75 Å². The molecular weight excluding hydrogens is 306 g/mol. The number of nitrogens with zero attached hydrogens (tertiary/aromatic N) is 7. The molecule has 1 fully saturated rings. The van der Waals surface area contributed by atoms with E-state index in [9.17, 15) is 0 Å². The number of fused-ring (bicyclic) bond motifs is 1. The number of para-hydroxylation sites is 2. The second-order valence-corrected chi connectivity index (χ2v) is 5.59. The molecule has 0 atom stereocenters. The van der Waals surface area contributed by atoms with Crippen LogP contribution in [0.3, 0.4) is 0 Å². The molecule has 0 amide bonds. The van der Waals surface area contributed by atoms with Gasteiger partial charge >= 0.3 is 0 Å². The Labute approximate surface area is 139 Å². The van der Waals surface area contributed by atoms with Gasteiger partial charge < -0.3 is 14.5 Å². The zero-order chi connectivity index (χ0) is 16.4. The number of piperazine rings is 1. The molecule has 0 spiro atoms. The lowest BCUT2D eigenvalue weighted by Crippen LogP contribution is -2.47. The molecular formula is C16H19N7O. The van der Waals surface area contributed by atoms with Gasteiger partial charge in [0, 0.05) is 26.2 Å². The van der Waals surface area contributed by atoms with Crippen LogP contribution in [0.15, 0.2) is 36.4 Å². The number of hydrogen-bond donors (Lipinski definition) is 0. The molecule has 1 aliphatic rings. The molecule has 1 aromatic carbocycles. The average Bonchev–Trinajstić information content (AvgIpc) is 3.10. The smallest absolute Gasteiger partial charge is 0.200 e. The second kappa shape index (κ2) is 6.31. The first kappa shape index (κ1) is 14.7. The van der Waals surface area contributed by atoms with Crippen molar-refractivity contribution >= 4 is 17.2 Å². The van der Waals surface area contributed by atoms with Gasteiger partial charge in [-0.15, -0.1) is 14.8 Å². The highest BCUT2D eigenvalue weighted by Gasteiger charge is 2.21. The summed E-state index contributed by atoms with van der Waals surface area (Å²) in [4.78, 5) is 4.61. The van der Waals surface area contributed by atoms with Gasteiger partial charge in [-0.3, -0.25) is 0 Å². The molecule has 8 nitrogen and oxygen atoms in total. The van der Waals surface area contributed by atoms with E-state index in [4.69, 9.17) is 4.74 Å². The van der Waals surface area contributed by atoms with Gasteiger partial charge in [0.05, 0.1) is 12.3 Å². The lowest BCUT2D eigenvalue weighted by molar-refractivity contribution is 0.340. The molecule has 0 saturated carbocycles. The van der Waals surface area contributed by atoms with Gasteiger partial charge in [0.2, 0.25) is 0 Å². The summed E-state index contributed by atoms with van der Waals surface area (Å²) in [5, 5.41) is 15.8. The summed E-state index contributed by atoms with van der Waals surface area (Å²) in [7, 11) is 0. The van der Waals surface area contributed by atoms with E-state index in [0.29, 0.717) is 12.3 Å². The standard InChI is InChI=1S/C16H19N7O/c1-2-24-14-6-4-3-5-13(14)21-9-11-22(12-10-21)16-8-7-15-17-19-20-23(15)18-16/h3-8H,2,9-12H2,1H3. The topological polar surface area (TPSA) is 71.7 Å². The molecule has 124 valence electrons. The highest BCUT2D eigenvalue weighted by molar-refractivity contribution is 5.59. The van der Waals surface area contributed by atoms with Crippen molar-refractivity contribution in [1.29, 1.82) is 0 Å². The van der Waals surface area contributed by atoms with Gasteiger partial charge in [-0.05, 0) is 41.6 Å². The highest BCUT2D eigenvalue weighted by atomic mass is 16.5. The third-order valence-corrected chi connectivity index (χ3v) is 4.16. The predicted molar refractivity (Wildman–Crippen MR) is 90.6 cm³/mol. The molecule has 24 heavy (non-hydrogen) atoms. The molecule has 3 aromatic rings. The van der Waals surface area contributed by atoms with E-state index in [0.717, 1.165) is 43.4 Å². The zero-order valence-electron chi connectivity index (χ0n) is 13.5. The van der Waals surface area contributed by atoms with Gasteiger partial charge in [-0.25, -0.2) is 0 Å². The Kier molecular flexibility index (Phi) is 3.86. The fourth-order valence-corrected chi connectivity index (χ4v) is 2.98. The normalized spacial score (nSPS) is 15.0. The lowest BCUT2D eigenvalue weighted by Gasteiger charge is -2.37. The molecule has 8 heteroatoms. The van der Waals surface area contributed by atoms with Crippen LogP contribution in [0, 0.1) is 0 Å². The van der Waals surface area contributed by atoms with E-state index < -0.39 is 0 Å². The molecule has 0 bridgehead atoms. The molecule has 1 aliphatic heterocycles. The molecule has 1 saturated heterocycles. The van der Waals surface area contributed by atoms with Gasteiger partial charge in [0.15, 0.2) is 11.5 Å². The largest absolute Gasteiger partial charge is 0.492 e. The van der Waals surface area contributed by atoms with E-state index in [-0.39, 0.29) is 0 Å². The fourth-order valence-electron chi connectivity index (χ4n) is 2.98. The summed E-state index contributed by atoms with van der Waals surface area (Å²) in [6.07, 6.45) is 0. The Morgan fingerprint density at radius 2 is 1.79 bits per heavy atom. The summed E-state index contributed by atoms with van der Waals surface area (Å²) in [5.41, 5.74) is 1.81. The molecule has 0 radical (unpaired) electrons. The van der Waals surface area contributed by atoms with Crippen LogP contribution in [0.1, 0.15) is 6.92 Å². The summed E-state index contributed by atoms with van der Waals surface area (Å²) < 4.78 is 7.21. The first-order chi connectivity index (χ1) is 11.8. The van der Waals surface area contributed by atoms with Gasteiger partial charge in [0.25, 0.3) is 0 Å². The highest BCUT2D eigenvalue weighted by Crippen LogP contribution is 2.29. The first-order valence-corrected chi connectivity index (χ1v) is 8.12. The van der Waals surface area contributed by atoms with Crippen molar-refractivity contribution in [1.82, 2.24) is 25.3 Å². The maximum Gasteiger partial charge on any atom is 0.200 e. The summed E-state index contributed by atoms with van der Waals surface area (Å²) >= 11 is 0. The van der Waals surface area contributed by atoms with E-state index in [1.54, 1.807) is 0 Å². The van der Waals surface area contributed by atoms with Crippen molar-refractivity contribution in [2.24, 2.45) is 0 Å². The molecule has 3 heterocycles. The quantitative estimate of drug-likeness (QED) is 0.715. The zero-order valence-corrected chi connectivity index (χ0v) is 13.5. The monoisotopic (exact) mass is 325 g/mol. The van der Waals surface area contributed by atoms with Crippen molar-refractivity contribution < 1.29 is 4.74 Å². The SMILES string of the molecule is CCOc1ccccc1N1CCN(c2ccc3nnnn3n2)CC1. The van der Waals surface area contributed by atoms with Crippen LogP contribution in [-0.2, 0) is 0 Å². The maximum absolute atomic E-state index is 5.75. The fraction of sp³-hybridized carbons (Fsp3) is 0.375. The number of anilines is 2.